The van der Waals surface area contributed by atoms with Gasteiger partial charge in [-0.25, -0.2) is 15.0 Å². The second-order valence-corrected chi connectivity index (χ2v) is 13.9. The van der Waals surface area contributed by atoms with Crippen LogP contribution >= 0.6 is 0 Å². The molecule has 0 aliphatic carbocycles. The van der Waals surface area contributed by atoms with Gasteiger partial charge in [0.15, 0.2) is 17.5 Å². The molecule has 0 spiro atoms. The molecular weight excluding hydrogens is 663 g/mol. The van der Waals surface area contributed by atoms with Gasteiger partial charge < -0.3 is 8.83 Å². The zero-order valence-corrected chi connectivity index (χ0v) is 28.7. The summed E-state index contributed by atoms with van der Waals surface area (Å²) in [7, 11) is 0. The summed E-state index contributed by atoms with van der Waals surface area (Å²) in [6.07, 6.45) is 0. The van der Waals surface area contributed by atoms with Crippen LogP contribution < -0.4 is 0 Å². The number of furan rings is 2. The zero-order chi connectivity index (χ0) is 35.3. The first kappa shape index (κ1) is 29.2. The van der Waals surface area contributed by atoms with Gasteiger partial charge in [0.05, 0.1) is 0 Å². The molecule has 0 saturated heterocycles. The third-order valence-corrected chi connectivity index (χ3v) is 10.9. The van der Waals surface area contributed by atoms with Gasteiger partial charge in [0, 0.05) is 49.0 Å². The standard InChI is InChI=1S/C49H27N3O2/c1-4-16-31-28(13-1)25-38(35-20-8-7-19-34(31)35)47-50-48(39-26-29-14-2-5-17-32(29)45-43(39)36-21-9-11-23-41(36)53-45)52-49(51-47)40-27-30-15-3-6-18-33(30)46-44(40)37-22-10-12-24-42(37)54-46/h1-27H. The van der Waals surface area contributed by atoms with Crippen LogP contribution in [-0.2, 0) is 0 Å². The van der Waals surface area contributed by atoms with Crippen LogP contribution in [0.15, 0.2) is 173 Å². The van der Waals surface area contributed by atoms with Crippen LogP contribution in [-0.4, -0.2) is 15.0 Å². The quantitative estimate of drug-likeness (QED) is 0.173. The summed E-state index contributed by atoms with van der Waals surface area (Å²) in [5.41, 5.74) is 5.99. The molecule has 0 radical (unpaired) electrons. The highest BCUT2D eigenvalue weighted by Crippen LogP contribution is 2.44. The minimum atomic E-state index is 0.573. The Morgan fingerprint density at radius 1 is 0.296 bits per heavy atom. The van der Waals surface area contributed by atoms with Gasteiger partial charge in [0.1, 0.15) is 22.3 Å². The lowest BCUT2D eigenvalue weighted by Gasteiger charge is -2.14. The molecule has 12 aromatic rings. The number of nitrogens with zero attached hydrogens (tertiary/aromatic N) is 3. The molecule has 3 heterocycles. The number of hydrogen-bond acceptors (Lipinski definition) is 5. The zero-order valence-electron chi connectivity index (χ0n) is 28.7. The average Bonchev–Trinajstić information content (AvgIpc) is 3.83. The molecule has 0 atom stereocenters. The Morgan fingerprint density at radius 3 is 1.17 bits per heavy atom. The smallest absolute Gasteiger partial charge is 0.164 e. The second-order valence-electron chi connectivity index (χ2n) is 13.9. The summed E-state index contributed by atoms with van der Waals surface area (Å²) in [5.74, 6) is 1.74. The van der Waals surface area contributed by atoms with Crippen molar-refractivity contribution in [3.63, 3.8) is 0 Å². The predicted molar refractivity (Wildman–Crippen MR) is 221 cm³/mol. The van der Waals surface area contributed by atoms with Crippen molar-refractivity contribution in [2.75, 3.05) is 0 Å². The van der Waals surface area contributed by atoms with E-state index in [1.165, 1.54) is 5.39 Å². The van der Waals surface area contributed by atoms with E-state index in [-0.39, 0.29) is 0 Å². The van der Waals surface area contributed by atoms with Gasteiger partial charge in [-0.1, -0.05) is 133 Å². The monoisotopic (exact) mass is 689 g/mol. The lowest BCUT2D eigenvalue weighted by atomic mass is 9.96. The van der Waals surface area contributed by atoms with Crippen molar-refractivity contribution in [1.82, 2.24) is 15.0 Å². The molecule has 250 valence electrons. The highest BCUT2D eigenvalue weighted by molar-refractivity contribution is 6.22. The topological polar surface area (TPSA) is 65.0 Å². The summed E-state index contributed by atoms with van der Waals surface area (Å²) in [4.78, 5) is 16.2. The fourth-order valence-electron chi connectivity index (χ4n) is 8.45. The predicted octanol–water partition coefficient (Wildman–Crippen LogP) is 13.3. The van der Waals surface area contributed by atoms with Crippen molar-refractivity contribution in [1.29, 1.82) is 0 Å². The minimum Gasteiger partial charge on any atom is -0.455 e. The Kier molecular flexibility index (Phi) is 5.99. The number of aromatic nitrogens is 3. The molecule has 0 unspecified atom stereocenters. The summed E-state index contributed by atoms with van der Waals surface area (Å²) < 4.78 is 13.2. The molecule has 0 fully saturated rings. The van der Waals surface area contributed by atoms with Crippen LogP contribution in [0.5, 0.6) is 0 Å². The molecule has 0 bridgehead atoms. The maximum atomic E-state index is 6.62. The first-order chi connectivity index (χ1) is 26.8. The highest BCUT2D eigenvalue weighted by Gasteiger charge is 2.24. The van der Waals surface area contributed by atoms with E-state index < -0.39 is 0 Å². The minimum absolute atomic E-state index is 0.573. The van der Waals surface area contributed by atoms with Gasteiger partial charge in [0.25, 0.3) is 0 Å². The van der Waals surface area contributed by atoms with E-state index in [1.807, 2.05) is 24.3 Å². The number of hydrogen-bond donors (Lipinski definition) is 0. The van der Waals surface area contributed by atoms with Crippen molar-refractivity contribution in [3.05, 3.63) is 164 Å². The van der Waals surface area contributed by atoms with Crippen molar-refractivity contribution < 1.29 is 8.83 Å². The summed E-state index contributed by atoms with van der Waals surface area (Å²) in [6, 6.07) is 56.7. The lowest BCUT2D eigenvalue weighted by molar-refractivity contribution is 0.672. The Bertz CT molecular complexity index is 3350. The fourth-order valence-corrected chi connectivity index (χ4v) is 8.45. The Hall–Kier alpha value is -7.37. The third kappa shape index (κ3) is 4.18. The Morgan fingerprint density at radius 2 is 0.648 bits per heavy atom. The number of rotatable bonds is 3. The molecule has 0 saturated carbocycles. The van der Waals surface area contributed by atoms with E-state index in [4.69, 9.17) is 23.8 Å². The van der Waals surface area contributed by atoms with E-state index in [2.05, 4.69) is 140 Å². The summed E-state index contributed by atoms with van der Waals surface area (Å²) >= 11 is 0. The van der Waals surface area contributed by atoms with Crippen LogP contribution in [0.25, 0.3) is 121 Å². The molecule has 9 aromatic carbocycles. The fraction of sp³-hybridized carbons (Fsp3) is 0. The molecular formula is C49H27N3O2. The van der Waals surface area contributed by atoms with Crippen LogP contribution in [0.3, 0.4) is 0 Å². The van der Waals surface area contributed by atoms with Gasteiger partial charge in [-0.2, -0.15) is 0 Å². The van der Waals surface area contributed by atoms with Crippen LogP contribution in [0, 0.1) is 0 Å². The second kappa shape index (κ2) is 11.1. The molecule has 3 aromatic heterocycles. The van der Waals surface area contributed by atoms with Crippen molar-refractivity contribution >= 4 is 87.0 Å². The lowest BCUT2D eigenvalue weighted by Crippen LogP contribution is -2.01. The van der Waals surface area contributed by atoms with E-state index in [9.17, 15) is 0 Å². The maximum absolute atomic E-state index is 6.62. The average molecular weight is 690 g/mol. The largest absolute Gasteiger partial charge is 0.455 e. The molecule has 0 aliphatic rings. The summed E-state index contributed by atoms with van der Waals surface area (Å²) in [5, 5.41) is 12.7. The van der Waals surface area contributed by atoms with Crippen LogP contribution in [0.2, 0.25) is 0 Å². The molecule has 0 aliphatic heterocycles. The molecule has 5 nitrogen and oxygen atoms in total. The van der Waals surface area contributed by atoms with E-state index >= 15 is 0 Å². The van der Waals surface area contributed by atoms with E-state index in [0.717, 1.165) is 98.3 Å². The van der Waals surface area contributed by atoms with Crippen molar-refractivity contribution in [2.45, 2.75) is 0 Å². The van der Waals surface area contributed by atoms with Gasteiger partial charge in [-0.3, -0.25) is 0 Å². The van der Waals surface area contributed by atoms with Gasteiger partial charge >= 0.3 is 0 Å². The molecule has 12 rings (SSSR count). The van der Waals surface area contributed by atoms with Gasteiger partial charge in [-0.15, -0.1) is 0 Å². The Balaban J connectivity index is 1.25. The maximum Gasteiger partial charge on any atom is 0.164 e. The van der Waals surface area contributed by atoms with Crippen LogP contribution in [0.4, 0.5) is 0 Å². The first-order valence-corrected chi connectivity index (χ1v) is 18.1. The SMILES string of the molecule is c1ccc2c(c1)cc(-c1nc(-c3cc4ccccc4c4oc5ccccc5c34)nc(-c3cc4ccccc4c4oc5ccccc5c34)n1)c1ccccc12. The van der Waals surface area contributed by atoms with Gasteiger partial charge in [-0.05, 0) is 62.6 Å². The van der Waals surface area contributed by atoms with E-state index in [0.29, 0.717) is 17.5 Å². The van der Waals surface area contributed by atoms with E-state index in [1.54, 1.807) is 0 Å². The van der Waals surface area contributed by atoms with Crippen molar-refractivity contribution in [2.24, 2.45) is 0 Å². The number of para-hydroxylation sites is 2. The number of benzene rings is 9. The third-order valence-electron chi connectivity index (χ3n) is 10.9. The molecule has 54 heavy (non-hydrogen) atoms. The number of fused-ring (bicyclic) bond motifs is 13. The molecule has 0 N–H and O–H groups in total. The molecule has 0 amide bonds. The highest BCUT2D eigenvalue weighted by atomic mass is 16.3. The Labute approximate surface area is 307 Å². The normalized spacial score (nSPS) is 12.1. The van der Waals surface area contributed by atoms with Crippen LogP contribution in [0.1, 0.15) is 0 Å². The first-order valence-electron chi connectivity index (χ1n) is 18.1. The van der Waals surface area contributed by atoms with Gasteiger partial charge in [0.2, 0.25) is 0 Å². The van der Waals surface area contributed by atoms with Crippen molar-refractivity contribution in [3.8, 4) is 34.2 Å². The molecule has 5 heteroatoms. The summed E-state index contributed by atoms with van der Waals surface area (Å²) in [6.45, 7) is 0.